The molecule has 1 aliphatic heterocycles. The molecular formula is C15H25N3O. The van der Waals surface area contributed by atoms with E-state index < -0.39 is 0 Å². The van der Waals surface area contributed by atoms with Crippen molar-refractivity contribution >= 4 is 5.95 Å². The van der Waals surface area contributed by atoms with Gasteiger partial charge >= 0.3 is 0 Å². The normalized spacial score (nSPS) is 24.8. The number of hydrogen-bond donors (Lipinski definition) is 1. The van der Waals surface area contributed by atoms with Crippen LogP contribution >= 0.6 is 0 Å². The van der Waals surface area contributed by atoms with Crippen molar-refractivity contribution in [2.75, 3.05) is 11.9 Å². The van der Waals surface area contributed by atoms with Gasteiger partial charge in [-0.1, -0.05) is 19.3 Å². The van der Waals surface area contributed by atoms with Gasteiger partial charge in [-0.15, -0.1) is 0 Å². The van der Waals surface area contributed by atoms with Crippen LogP contribution in [0.15, 0.2) is 6.20 Å². The average molecular weight is 263 g/mol. The van der Waals surface area contributed by atoms with E-state index in [-0.39, 0.29) is 0 Å². The van der Waals surface area contributed by atoms with Crippen molar-refractivity contribution in [3.8, 4) is 0 Å². The molecule has 0 bridgehead atoms. The van der Waals surface area contributed by atoms with Crippen LogP contribution in [-0.4, -0.2) is 28.3 Å². The first-order chi connectivity index (χ1) is 9.31. The van der Waals surface area contributed by atoms with Crippen LogP contribution in [0.3, 0.4) is 0 Å². The van der Waals surface area contributed by atoms with E-state index in [1.165, 1.54) is 44.9 Å². The minimum absolute atomic E-state index is 0.375. The summed E-state index contributed by atoms with van der Waals surface area (Å²) in [6.45, 7) is 3.93. The number of rotatable bonds is 4. The van der Waals surface area contributed by atoms with Gasteiger partial charge in [0.1, 0.15) is 0 Å². The molecule has 4 nitrogen and oxygen atoms in total. The highest BCUT2D eigenvalue weighted by molar-refractivity contribution is 5.30. The molecule has 1 N–H and O–H groups in total. The first-order valence-corrected chi connectivity index (χ1v) is 7.73. The van der Waals surface area contributed by atoms with E-state index >= 15 is 0 Å². The van der Waals surface area contributed by atoms with Crippen LogP contribution < -0.4 is 5.32 Å². The van der Waals surface area contributed by atoms with Gasteiger partial charge in [0, 0.05) is 18.8 Å². The Balaban J connectivity index is 1.65. The molecule has 2 heterocycles. The molecule has 1 unspecified atom stereocenters. The lowest BCUT2D eigenvalue weighted by Gasteiger charge is -2.24. The maximum Gasteiger partial charge on any atom is 0.203 e. The van der Waals surface area contributed by atoms with Gasteiger partial charge in [-0.05, 0) is 32.6 Å². The molecule has 3 rings (SSSR count). The van der Waals surface area contributed by atoms with Crippen molar-refractivity contribution < 1.29 is 4.74 Å². The third-order valence-corrected chi connectivity index (χ3v) is 4.26. The minimum atomic E-state index is 0.375. The Bertz CT molecular complexity index is 404. The fourth-order valence-corrected chi connectivity index (χ4v) is 3.24. The second-order valence-corrected chi connectivity index (χ2v) is 5.97. The Morgan fingerprint density at radius 1 is 1.26 bits per heavy atom. The summed E-state index contributed by atoms with van der Waals surface area (Å²) in [4.78, 5) is 4.64. The maximum atomic E-state index is 5.73. The van der Waals surface area contributed by atoms with Gasteiger partial charge in [-0.3, -0.25) is 0 Å². The molecule has 1 saturated carbocycles. The summed E-state index contributed by atoms with van der Waals surface area (Å²) < 4.78 is 7.98. The fourth-order valence-electron chi connectivity index (χ4n) is 3.24. The predicted molar refractivity (Wildman–Crippen MR) is 76.4 cm³/mol. The van der Waals surface area contributed by atoms with E-state index in [1.54, 1.807) is 0 Å². The zero-order valence-corrected chi connectivity index (χ0v) is 11.9. The number of hydrogen-bond acceptors (Lipinski definition) is 3. The molecule has 106 valence electrons. The van der Waals surface area contributed by atoms with Crippen molar-refractivity contribution in [3.63, 3.8) is 0 Å². The maximum absolute atomic E-state index is 5.73. The number of imidazole rings is 1. The molecule has 4 heteroatoms. The molecule has 0 amide bonds. The van der Waals surface area contributed by atoms with E-state index in [0.29, 0.717) is 12.1 Å². The molecule has 2 aliphatic rings. The summed E-state index contributed by atoms with van der Waals surface area (Å²) in [5.74, 6) is 1.04. The summed E-state index contributed by atoms with van der Waals surface area (Å²) >= 11 is 0. The Hall–Kier alpha value is -1.03. The van der Waals surface area contributed by atoms with Gasteiger partial charge in [0.15, 0.2) is 0 Å². The Labute approximate surface area is 115 Å². The van der Waals surface area contributed by atoms with Gasteiger partial charge in [-0.2, -0.15) is 0 Å². The molecule has 19 heavy (non-hydrogen) atoms. The third-order valence-electron chi connectivity index (χ3n) is 4.26. The zero-order chi connectivity index (χ0) is 13.1. The lowest BCUT2D eigenvalue weighted by Crippen LogP contribution is -2.25. The average Bonchev–Trinajstić information content (AvgIpc) is 3.02. The third kappa shape index (κ3) is 3.30. The zero-order valence-electron chi connectivity index (χ0n) is 11.9. The summed E-state index contributed by atoms with van der Waals surface area (Å²) in [6.07, 6.45) is 11.6. The van der Waals surface area contributed by atoms with E-state index in [0.717, 1.165) is 24.8 Å². The Morgan fingerprint density at radius 3 is 2.84 bits per heavy atom. The highest BCUT2D eigenvalue weighted by Crippen LogP contribution is 2.23. The van der Waals surface area contributed by atoms with Crippen LogP contribution in [0, 0.1) is 6.92 Å². The van der Waals surface area contributed by atoms with E-state index in [4.69, 9.17) is 4.74 Å². The highest BCUT2D eigenvalue weighted by Gasteiger charge is 2.20. The fraction of sp³-hybridized carbons (Fsp3) is 0.800. The SMILES string of the molecule is Cc1cn(CC2CCCO2)c(NC2CCCCC2)n1. The van der Waals surface area contributed by atoms with Crippen molar-refractivity contribution in [2.24, 2.45) is 0 Å². The van der Waals surface area contributed by atoms with Crippen LogP contribution in [0.25, 0.3) is 0 Å². The summed E-state index contributed by atoms with van der Waals surface area (Å²) in [5.41, 5.74) is 1.09. The number of anilines is 1. The van der Waals surface area contributed by atoms with Crippen molar-refractivity contribution in [1.29, 1.82) is 0 Å². The number of ether oxygens (including phenoxy) is 1. The highest BCUT2D eigenvalue weighted by atomic mass is 16.5. The van der Waals surface area contributed by atoms with Crippen LogP contribution in [0.2, 0.25) is 0 Å². The number of aromatic nitrogens is 2. The Morgan fingerprint density at radius 2 is 2.11 bits per heavy atom. The molecule has 2 fully saturated rings. The first-order valence-electron chi connectivity index (χ1n) is 7.73. The van der Waals surface area contributed by atoms with Crippen molar-refractivity contribution in [1.82, 2.24) is 9.55 Å². The van der Waals surface area contributed by atoms with Gasteiger partial charge in [-0.25, -0.2) is 4.98 Å². The van der Waals surface area contributed by atoms with Crippen molar-refractivity contribution in [2.45, 2.75) is 70.6 Å². The smallest absolute Gasteiger partial charge is 0.203 e. The monoisotopic (exact) mass is 263 g/mol. The van der Waals surface area contributed by atoms with Gasteiger partial charge in [0.05, 0.1) is 18.3 Å². The molecule has 0 aromatic carbocycles. The summed E-state index contributed by atoms with van der Waals surface area (Å²) in [5, 5.41) is 3.64. The van der Waals surface area contributed by atoms with Crippen molar-refractivity contribution in [3.05, 3.63) is 11.9 Å². The molecule has 0 radical (unpaired) electrons. The lowest BCUT2D eigenvalue weighted by atomic mass is 9.96. The quantitative estimate of drug-likeness (QED) is 0.907. The lowest BCUT2D eigenvalue weighted by molar-refractivity contribution is 0.0974. The standard InChI is InChI=1S/C15H25N3O/c1-12-10-18(11-14-8-5-9-19-14)15(16-12)17-13-6-3-2-4-7-13/h10,13-14H,2-9,11H2,1H3,(H,16,17). The second kappa shape index (κ2) is 5.95. The summed E-state index contributed by atoms with van der Waals surface area (Å²) in [7, 11) is 0. The molecule has 1 saturated heterocycles. The van der Waals surface area contributed by atoms with Crippen LogP contribution in [0.4, 0.5) is 5.95 Å². The molecular weight excluding hydrogens is 238 g/mol. The van der Waals surface area contributed by atoms with Crippen LogP contribution in [0.5, 0.6) is 0 Å². The molecule has 1 aromatic heterocycles. The largest absolute Gasteiger partial charge is 0.376 e. The Kier molecular flexibility index (Phi) is 4.06. The number of nitrogens with zero attached hydrogens (tertiary/aromatic N) is 2. The topological polar surface area (TPSA) is 39.1 Å². The number of nitrogens with one attached hydrogen (secondary N) is 1. The molecule has 1 aliphatic carbocycles. The van der Waals surface area contributed by atoms with E-state index in [2.05, 4.69) is 28.0 Å². The predicted octanol–water partition coefficient (Wildman–Crippen LogP) is 3.12. The molecule has 1 atom stereocenters. The summed E-state index contributed by atoms with van der Waals surface area (Å²) in [6, 6.07) is 0.610. The van der Waals surface area contributed by atoms with Gasteiger partial charge in [0.25, 0.3) is 0 Å². The van der Waals surface area contributed by atoms with Crippen LogP contribution in [0.1, 0.15) is 50.6 Å². The number of aryl methyl sites for hydroxylation is 1. The van der Waals surface area contributed by atoms with Gasteiger partial charge in [0.2, 0.25) is 5.95 Å². The molecule has 1 aromatic rings. The minimum Gasteiger partial charge on any atom is -0.376 e. The van der Waals surface area contributed by atoms with Gasteiger partial charge < -0.3 is 14.6 Å². The van der Waals surface area contributed by atoms with E-state index in [1.807, 2.05) is 0 Å². The van der Waals surface area contributed by atoms with Crippen LogP contribution in [-0.2, 0) is 11.3 Å². The van der Waals surface area contributed by atoms with E-state index in [9.17, 15) is 0 Å². The first kappa shape index (κ1) is 13.0. The second-order valence-electron chi connectivity index (χ2n) is 5.97. The molecule has 0 spiro atoms.